The zero-order valence-corrected chi connectivity index (χ0v) is 20.2. The van der Waals surface area contributed by atoms with Crippen molar-refractivity contribution in [2.24, 2.45) is 0 Å². The molecule has 0 radical (unpaired) electrons. The van der Waals surface area contributed by atoms with Gasteiger partial charge in [0.25, 0.3) is 5.91 Å². The number of ether oxygens (including phenoxy) is 3. The molecule has 0 aromatic heterocycles. The third-order valence-corrected chi connectivity index (χ3v) is 6.06. The predicted molar refractivity (Wildman–Crippen MR) is 135 cm³/mol. The average molecular weight is 470 g/mol. The van der Waals surface area contributed by atoms with Crippen molar-refractivity contribution < 1.29 is 19.0 Å². The second kappa shape index (κ2) is 11.2. The molecule has 2 aromatic rings. The molecule has 3 rings (SSSR count). The van der Waals surface area contributed by atoms with E-state index < -0.39 is 0 Å². The molecule has 1 fully saturated rings. The summed E-state index contributed by atoms with van der Waals surface area (Å²) in [4.78, 5) is 14.7. The number of carbonyl (C=O) groups is 1. The van der Waals surface area contributed by atoms with Crippen LogP contribution in [0.15, 0.2) is 54.0 Å². The number of hydrogen-bond acceptors (Lipinski definition) is 6. The van der Waals surface area contributed by atoms with Gasteiger partial charge in [-0.25, -0.2) is 0 Å². The number of nitrogens with zero attached hydrogens (tertiary/aromatic N) is 1. The van der Waals surface area contributed by atoms with Crippen LogP contribution in [0, 0.1) is 13.8 Å². The lowest BCUT2D eigenvalue weighted by Gasteiger charge is -2.14. The molecule has 5 nitrogen and oxygen atoms in total. The van der Waals surface area contributed by atoms with Crippen LogP contribution in [-0.4, -0.2) is 41.5 Å². The Balaban J connectivity index is 1.66. The minimum atomic E-state index is -0.110. The van der Waals surface area contributed by atoms with Gasteiger partial charge in [-0.15, -0.1) is 6.58 Å². The molecule has 2 aromatic carbocycles. The van der Waals surface area contributed by atoms with Gasteiger partial charge < -0.3 is 14.2 Å². The quantitative estimate of drug-likeness (QED) is 0.197. The summed E-state index contributed by atoms with van der Waals surface area (Å²) in [7, 11) is 0. The number of hydrogen-bond donors (Lipinski definition) is 0. The highest BCUT2D eigenvalue weighted by Crippen LogP contribution is 2.34. The molecule has 0 unspecified atom stereocenters. The summed E-state index contributed by atoms with van der Waals surface area (Å²) in [6, 6.07) is 11.7. The molecule has 0 aliphatic carbocycles. The first kappa shape index (κ1) is 23.9. The Bertz CT molecular complexity index is 1050. The molecule has 32 heavy (non-hydrogen) atoms. The van der Waals surface area contributed by atoms with Crippen molar-refractivity contribution in [2.45, 2.75) is 20.8 Å². The van der Waals surface area contributed by atoms with E-state index in [4.69, 9.17) is 26.4 Å². The summed E-state index contributed by atoms with van der Waals surface area (Å²) >= 11 is 6.59. The van der Waals surface area contributed by atoms with E-state index in [0.717, 1.165) is 16.9 Å². The summed E-state index contributed by atoms with van der Waals surface area (Å²) in [5, 5.41) is 0. The molecule has 1 aliphatic heterocycles. The number of carbonyl (C=O) groups excluding carboxylic acids is 1. The first-order chi connectivity index (χ1) is 15.4. The van der Waals surface area contributed by atoms with Crippen LogP contribution in [-0.2, 0) is 4.79 Å². The molecule has 0 bridgehead atoms. The van der Waals surface area contributed by atoms with Gasteiger partial charge in [0.1, 0.15) is 23.3 Å². The van der Waals surface area contributed by atoms with Crippen LogP contribution in [0.2, 0.25) is 0 Å². The van der Waals surface area contributed by atoms with Crippen molar-refractivity contribution in [1.29, 1.82) is 0 Å². The number of amides is 1. The molecule has 0 saturated carbocycles. The third kappa shape index (κ3) is 5.93. The van der Waals surface area contributed by atoms with E-state index in [1.54, 1.807) is 6.08 Å². The summed E-state index contributed by atoms with van der Waals surface area (Å²) in [6.45, 7) is 11.4. The van der Waals surface area contributed by atoms with E-state index in [1.165, 1.54) is 22.2 Å². The zero-order valence-electron chi connectivity index (χ0n) is 18.6. The monoisotopic (exact) mass is 469 g/mol. The molecule has 0 spiro atoms. The van der Waals surface area contributed by atoms with Crippen LogP contribution >= 0.6 is 24.0 Å². The van der Waals surface area contributed by atoms with E-state index in [1.807, 2.05) is 50.3 Å². The first-order valence-electron chi connectivity index (χ1n) is 10.4. The van der Waals surface area contributed by atoms with E-state index in [0.29, 0.717) is 47.1 Å². The summed E-state index contributed by atoms with van der Waals surface area (Å²) in [5.74, 6) is 2.00. The summed E-state index contributed by atoms with van der Waals surface area (Å²) < 4.78 is 18.0. The Morgan fingerprint density at radius 3 is 2.44 bits per heavy atom. The standard InChI is InChI=1S/C25H27NO4S2/c1-5-11-26-24(27)23(32-25(26)31)16-19-8-10-21(22(15-19)28-6-2)30-13-12-29-20-9-7-17(3)14-18(20)4/h5,7-10,14-16H,1,6,11-13H2,2-4H3/b23-16-. The van der Waals surface area contributed by atoms with Crippen molar-refractivity contribution in [3.8, 4) is 17.2 Å². The second-order valence-corrected chi connectivity index (χ2v) is 8.86. The molecule has 168 valence electrons. The molecule has 7 heteroatoms. The molecular weight excluding hydrogens is 442 g/mol. The second-order valence-electron chi connectivity index (χ2n) is 7.19. The van der Waals surface area contributed by atoms with Crippen molar-refractivity contribution in [3.05, 3.63) is 70.6 Å². The van der Waals surface area contributed by atoms with Gasteiger partial charge in [0.2, 0.25) is 0 Å². The van der Waals surface area contributed by atoms with Crippen LogP contribution in [0.3, 0.4) is 0 Å². The SMILES string of the molecule is C=CCN1C(=O)/C(=C/c2ccc(OCCOc3ccc(C)cc3C)c(OCC)c2)SC1=S. The van der Waals surface area contributed by atoms with Crippen LogP contribution in [0.1, 0.15) is 23.6 Å². The fraction of sp³-hybridized carbons (Fsp3) is 0.280. The van der Waals surface area contributed by atoms with Gasteiger partial charge in [-0.1, -0.05) is 53.8 Å². The number of benzene rings is 2. The van der Waals surface area contributed by atoms with Gasteiger partial charge in [0, 0.05) is 6.54 Å². The van der Waals surface area contributed by atoms with Crippen molar-refractivity contribution in [1.82, 2.24) is 4.90 Å². The maximum Gasteiger partial charge on any atom is 0.266 e. The number of thiocarbonyl (C=S) groups is 1. The van der Waals surface area contributed by atoms with Crippen molar-refractivity contribution in [2.75, 3.05) is 26.4 Å². The third-order valence-electron chi connectivity index (χ3n) is 4.68. The predicted octanol–water partition coefficient (Wildman–Crippen LogP) is 5.55. The first-order valence-corrected chi connectivity index (χ1v) is 11.6. The molecule has 1 saturated heterocycles. The van der Waals surface area contributed by atoms with Gasteiger partial charge in [-0.2, -0.15) is 0 Å². The Morgan fingerprint density at radius 1 is 1.03 bits per heavy atom. The van der Waals surface area contributed by atoms with Crippen LogP contribution in [0.25, 0.3) is 6.08 Å². The van der Waals surface area contributed by atoms with Gasteiger partial charge in [-0.05, 0) is 56.2 Å². The fourth-order valence-corrected chi connectivity index (χ4v) is 4.48. The van der Waals surface area contributed by atoms with Gasteiger partial charge in [0.15, 0.2) is 11.5 Å². The zero-order chi connectivity index (χ0) is 23.1. The maximum atomic E-state index is 12.6. The Hall–Kier alpha value is -2.77. The van der Waals surface area contributed by atoms with E-state index in [9.17, 15) is 4.79 Å². The lowest BCUT2D eigenvalue weighted by Crippen LogP contribution is -2.27. The number of aryl methyl sites for hydroxylation is 2. The molecule has 1 aliphatic rings. The van der Waals surface area contributed by atoms with Gasteiger partial charge >= 0.3 is 0 Å². The number of rotatable bonds is 10. The van der Waals surface area contributed by atoms with E-state index in [2.05, 4.69) is 19.6 Å². The highest BCUT2D eigenvalue weighted by Gasteiger charge is 2.31. The highest BCUT2D eigenvalue weighted by molar-refractivity contribution is 8.26. The molecular formula is C25H27NO4S2. The normalized spacial score (nSPS) is 14.7. The minimum Gasteiger partial charge on any atom is -0.490 e. The summed E-state index contributed by atoms with van der Waals surface area (Å²) in [5.41, 5.74) is 3.14. The molecule has 1 amide bonds. The van der Waals surface area contributed by atoms with Crippen LogP contribution < -0.4 is 14.2 Å². The summed E-state index contributed by atoms with van der Waals surface area (Å²) in [6.07, 6.45) is 3.48. The molecule has 0 N–H and O–H groups in total. The maximum absolute atomic E-state index is 12.6. The van der Waals surface area contributed by atoms with Gasteiger partial charge in [0.05, 0.1) is 11.5 Å². The smallest absolute Gasteiger partial charge is 0.266 e. The fourth-order valence-electron chi connectivity index (χ4n) is 3.20. The largest absolute Gasteiger partial charge is 0.490 e. The lowest BCUT2D eigenvalue weighted by molar-refractivity contribution is -0.121. The number of thioether (sulfide) groups is 1. The van der Waals surface area contributed by atoms with Crippen LogP contribution in [0.4, 0.5) is 0 Å². The molecule has 1 heterocycles. The Morgan fingerprint density at radius 2 is 1.75 bits per heavy atom. The minimum absolute atomic E-state index is 0.110. The van der Waals surface area contributed by atoms with E-state index in [-0.39, 0.29) is 5.91 Å². The average Bonchev–Trinajstić information content (AvgIpc) is 3.01. The Labute approximate surface area is 199 Å². The van der Waals surface area contributed by atoms with Crippen molar-refractivity contribution >= 4 is 40.3 Å². The van der Waals surface area contributed by atoms with Crippen LogP contribution in [0.5, 0.6) is 17.2 Å². The van der Waals surface area contributed by atoms with E-state index >= 15 is 0 Å². The van der Waals surface area contributed by atoms with Gasteiger partial charge in [-0.3, -0.25) is 9.69 Å². The highest BCUT2D eigenvalue weighted by atomic mass is 32.2. The molecule has 0 atom stereocenters. The topological polar surface area (TPSA) is 48.0 Å². The lowest BCUT2D eigenvalue weighted by atomic mass is 10.1. The van der Waals surface area contributed by atoms with Crippen molar-refractivity contribution in [3.63, 3.8) is 0 Å². The Kier molecular flexibility index (Phi) is 8.36.